The van der Waals surface area contributed by atoms with E-state index in [1.54, 1.807) is 0 Å². The topological polar surface area (TPSA) is 32.8 Å². The Kier molecular flexibility index (Phi) is 5.70. The lowest BCUT2D eigenvalue weighted by Crippen LogP contribution is -2.55. The number of nitrogens with zero attached hydrogens (tertiary/aromatic N) is 2. The van der Waals surface area contributed by atoms with Crippen molar-refractivity contribution in [2.24, 2.45) is 5.92 Å². The van der Waals surface area contributed by atoms with Gasteiger partial charge in [-0.05, 0) is 53.4 Å². The smallest absolute Gasteiger partial charge is 0.410 e. The Morgan fingerprint density at radius 2 is 1.86 bits per heavy atom. The average Bonchev–Trinajstić information content (AvgIpc) is 2.36. The van der Waals surface area contributed by atoms with Gasteiger partial charge in [0.1, 0.15) is 5.60 Å². The fraction of sp³-hybridized carbons (Fsp3) is 0.941. The van der Waals surface area contributed by atoms with E-state index in [0.29, 0.717) is 5.92 Å². The second-order valence-electron chi connectivity index (χ2n) is 8.22. The van der Waals surface area contributed by atoms with Gasteiger partial charge in [0, 0.05) is 43.2 Å². The molecule has 0 radical (unpaired) electrons. The minimum absolute atomic E-state index is 0.115. The van der Waals surface area contributed by atoms with Crippen LogP contribution in [0.15, 0.2) is 0 Å². The van der Waals surface area contributed by atoms with Crippen LogP contribution in [0.1, 0.15) is 47.5 Å². The SMILES string of the molecule is CC(C)(C)OC(=O)N1CCC(CN2CCSCC2)CC1(C)C. The van der Waals surface area contributed by atoms with Gasteiger partial charge in [0.05, 0.1) is 0 Å². The fourth-order valence-corrected chi connectivity index (χ4v) is 4.47. The van der Waals surface area contributed by atoms with Gasteiger partial charge in [0.2, 0.25) is 0 Å². The number of rotatable bonds is 2. The molecule has 2 aliphatic rings. The molecule has 2 heterocycles. The van der Waals surface area contributed by atoms with Gasteiger partial charge in [-0.2, -0.15) is 11.8 Å². The van der Waals surface area contributed by atoms with Crippen LogP contribution in [0.3, 0.4) is 0 Å². The van der Waals surface area contributed by atoms with Crippen molar-refractivity contribution < 1.29 is 9.53 Å². The Bertz CT molecular complexity index is 387. The third-order valence-corrected chi connectivity index (χ3v) is 5.46. The second kappa shape index (κ2) is 7.00. The maximum absolute atomic E-state index is 12.4. The quantitative estimate of drug-likeness (QED) is 0.777. The number of carbonyl (C=O) groups is 1. The number of thioether (sulfide) groups is 1. The van der Waals surface area contributed by atoms with Crippen molar-refractivity contribution in [3.05, 3.63) is 0 Å². The highest BCUT2D eigenvalue weighted by molar-refractivity contribution is 7.99. The molecule has 0 bridgehead atoms. The summed E-state index contributed by atoms with van der Waals surface area (Å²) >= 11 is 2.06. The summed E-state index contributed by atoms with van der Waals surface area (Å²) in [4.78, 5) is 16.9. The summed E-state index contributed by atoms with van der Waals surface area (Å²) in [5, 5.41) is 0. The molecule has 2 fully saturated rings. The lowest BCUT2D eigenvalue weighted by molar-refractivity contribution is -0.0173. The zero-order valence-electron chi connectivity index (χ0n) is 14.9. The predicted octanol–water partition coefficient (Wildman–Crippen LogP) is 3.46. The van der Waals surface area contributed by atoms with Crippen LogP contribution in [0.25, 0.3) is 0 Å². The van der Waals surface area contributed by atoms with Gasteiger partial charge >= 0.3 is 6.09 Å². The Balaban J connectivity index is 1.89. The molecule has 5 heteroatoms. The van der Waals surface area contributed by atoms with Gasteiger partial charge in [-0.3, -0.25) is 0 Å². The van der Waals surface area contributed by atoms with Crippen molar-refractivity contribution in [3.8, 4) is 0 Å². The molecule has 0 aromatic heterocycles. The van der Waals surface area contributed by atoms with Gasteiger partial charge in [-0.25, -0.2) is 4.79 Å². The Labute approximate surface area is 139 Å². The molecule has 0 saturated carbocycles. The van der Waals surface area contributed by atoms with Gasteiger partial charge in [0.15, 0.2) is 0 Å². The van der Waals surface area contributed by atoms with E-state index >= 15 is 0 Å². The number of hydrogen-bond donors (Lipinski definition) is 0. The first-order valence-electron chi connectivity index (χ1n) is 8.48. The first-order valence-corrected chi connectivity index (χ1v) is 9.63. The molecule has 128 valence electrons. The Morgan fingerprint density at radius 3 is 2.41 bits per heavy atom. The lowest BCUT2D eigenvalue weighted by atomic mass is 9.82. The maximum Gasteiger partial charge on any atom is 0.410 e. The first-order chi connectivity index (χ1) is 10.2. The monoisotopic (exact) mass is 328 g/mol. The van der Waals surface area contributed by atoms with E-state index in [4.69, 9.17) is 4.74 Å². The largest absolute Gasteiger partial charge is 0.444 e. The van der Waals surface area contributed by atoms with Crippen LogP contribution in [0, 0.1) is 5.92 Å². The molecule has 2 saturated heterocycles. The van der Waals surface area contributed by atoms with Gasteiger partial charge in [-0.15, -0.1) is 0 Å². The third kappa shape index (κ3) is 5.05. The highest BCUT2D eigenvalue weighted by atomic mass is 32.2. The molecule has 0 N–H and O–H groups in total. The van der Waals surface area contributed by atoms with Crippen LogP contribution in [0.5, 0.6) is 0 Å². The minimum Gasteiger partial charge on any atom is -0.444 e. The molecule has 2 rings (SSSR count). The van der Waals surface area contributed by atoms with Crippen LogP contribution in [-0.4, -0.2) is 64.7 Å². The molecule has 0 aromatic carbocycles. The molecular weight excluding hydrogens is 296 g/mol. The number of hydrogen-bond acceptors (Lipinski definition) is 4. The predicted molar refractivity (Wildman–Crippen MR) is 93.5 cm³/mol. The van der Waals surface area contributed by atoms with E-state index in [1.807, 2.05) is 25.7 Å². The molecule has 1 atom stereocenters. The van der Waals surface area contributed by atoms with E-state index in [0.717, 1.165) is 19.4 Å². The van der Waals surface area contributed by atoms with Crippen LogP contribution in [-0.2, 0) is 4.74 Å². The third-order valence-electron chi connectivity index (χ3n) is 4.51. The maximum atomic E-state index is 12.4. The van der Waals surface area contributed by atoms with E-state index in [1.165, 1.54) is 31.1 Å². The standard InChI is InChI=1S/C17H32N2O2S/c1-16(2,3)21-15(20)19-7-6-14(12-17(19,4)5)13-18-8-10-22-11-9-18/h14H,6-13H2,1-5H3. The molecule has 1 amide bonds. The average molecular weight is 329 g/mol. The Morgan fingerprint density at radius 1 is 1.23 bits per heavy atom. The van der Waals surface area contributed by atoms with Gasteiger partial charge in [0.25, 0.3) is 0 Å². The molecule has 0 spiro atoms. The van der Waals surface area contributed by atoms with E-state index in [2.05, 4.69) is 30.5 Å². The van der Waals surface area contributed by atoms with E-state index in [9.17, 15) is 4.79 Å². The van der Waals surface area contributed by atoms with Crippen molar-refractivity contribution in [1.29, 1.82) is 0 Å². The normalized spacial score (nSPS) is 26.8. The van der Waals surface area contributed by atoms with Crippen molar-refractivity contribution in [1.82, 2.24) is 9.80 Å². The zero-order chi connectivity index (χ0) is 16.4. The summed E-state index contributed by atoms with van der Waals surface area (Å²) in [6.07, 6.45) is 1.99. The van der Waals surface area contributed by atoms with Crippen molar-refractivity contribution in [3.63, 3.8) is 0 Å². The molecule has 1 unspecified atom stereocenters. The lowest BCUT2D eigenvalue weighted by Gasteiger charge is -2.46. The van der Waals surface area contributed by atoms with Gasteiger partial charge in [-0.1, -0.05) is 0 Å². The summed E-state index contributed by atoms with van der Waals surface area (Å²) in [7, 11) is 0. The summed E-state index contributed by atoms with van der Waals surface area (Å²) < 4.78 is 5.57. The number of ether oxygens (including phenoxy) is 1. The summed E-state index contributed by atoms with van der Waals surface area (Å²) in [6, 6.07) is 0. The first kappa shape index (κ1) is 17.9. The van der Waals surface area contributed by atoms with Crippen LogP contribution >= 0.6 is 11.8 Å². The molecule has 22 heavy (non-hydrogen) atoms. The van der Waals surface area contributed by atoms with Crippen LogP contribution in [0.4, 0.5) is 4.79 Å². The highest BCUT2D eigenvalue weighted by Gasteiger charge is 2.39. The van der Waals surface area contributed by atoms with Gasteiger partial charge < -0.3 is 14.5 Å². The van der Waals surface area contributed by atoms with Crippen LogP contribution in [0.2, 0.25) is 0 Å². The molecule has 4 nitrogen and oxygen atoms in total. The van der Waals surface area contributed by atoms with Crippen molar-refractivity contribution in [2.75, 3.05) is 37.7 Å². The van der Waals surface area contributed by atoms with E-state index < -0.39 is 5.60 Å². The summed E-state index contributed by atoms with van der Waals surface area (Å²) in [5.41, 5.74) is -0.536. The Hall–Kier alpha value is -0.420. The number of piperidine rings is 1. The zero-order valence-corrected chi connectivity index (χ0v) is 15.7. The molecule has 2 aliphatic heterocycles. The fourth-order valence-electron chi connectivity index (χ4n) is 3.49. The van der Waals surface area contributed by atoms with Crippen LogP contribution < -0.4 is 0 Å². The number of carbonyl (C=O) groups excluding carboxylic acids is 1. The molecule has 0 aliphatic carbocycles. The molecular formula is C17H32N2O2S. The summed E-state index contributed by atoms with van der Waals surface area (Å²) in [5.74, 6) is 3.22. The number of likely N-dealkylation sites (tertiary alicyclic amines) is 1. The summed E-state index contributed by atoms with van der Waals surface area (Å²) in [6.45, 7) is 14.6. The van der Waals surface area contributed by atoms with Crippen molar-refractivity contribution in [2.45, 2.75) is 58.6 Å². The highest BCUT2D eigenvalue weighted by Crippen LogP contribution is 2.33. The number of amides is 1. The van der Waals surface area contributed by atoms with E-state index in [-0.39, 0.29) is 11.6 Å². The van der Waals surface area contributed by atoms with Crippen molar-refractivity contribution >= 4 is 17.9 Å². The second-order valence-corrected chi connectivity index (χ2v) is 9.44. The molecule has 0 aromatic rings. The minimum atomic E-state index is -0.421.